The van der Waals surface area contributed by atoms with Crippen LogP contribution in [0, 0.1) is 0 Å². The highest BCUT2D eigenvalue weighted by Gasteiger charge is 2.27. The van der Waals surface area contributed by atoms with E-state index < -0.39 is 0 Å². The third-order valence-corrected chi connectivity index (χ3v) is 6.23. The van der Waals surface area contributed by atoms with Gasteiger partial charge < -0.3 is 5.73 Å². The number of nitrogens with two attached hydrogens (primary N) is 1. The summed E-state index contributed by atoms with van der Waals surface area (Å²) < 4.78 is 0. The van der Waals surface area contributed by atoms with Gasteiger partial charge >= 0.3 is 0 Å². The molecule has 1 fully saturated rings. The second kappa shape index (κ2) is 6.01. The zero-order valence-electron chi connectivity index (χ0n) is 11.2. The number of benzene rings is 1. The molecular weight excluding hydrogens is 288 g/mol. The zero-order valence-corrected chi connectivity index (χ0v) is 12.8. The van der Waals surface area contributed by atoms with E-state index in [9.17, 15) is 0 Å². The monoisotopic (exact) mass is 304 g/mol. The molecule has 0 aliphatic carbocycles. The maximum absolute atomic E-state index is 5.87. The first-order chi connectivity index (χ1) is 9.74. The van der Waals surface area contributed by atoms with Crippen LogP contribution < -0.4 is 5.73 Å². The fraction of sp³-hybridized carbons (Fsp3) is 0.357. The largest absolute Gasteiger partial charge is 0.368 e. The van der Waals surface area contributed by atoms with Gasteiger partial charge in [-0.3, -0.25) is 0 Å². The maximum atomic E-state index is 5.87. The molecule has 1 aromatic heterocycles. The highest BCUT2D eigenvalue weighted by atomic mass is 32.2. The molecule has 0 amide bonds. The Morgan fingerprint density at radius 3 is 2.55 bits per heavy atom. The zero-order chi connectivity index (χ0) is 13.9. The first-order valence-corrected chi connectivity index (χ1v) is 8.64. The van der Waals surface area contributed by atoms with Crippen molar-refractivity contribution in [2.75, 3.05) is 17.2 Å². The smallest absolute Gasteiger partial charge is 0.223 e. The van der Waals surface area contributed by atoms with E-state index in [2.05, 4.69) is 21.9 Å². The minimum Gasteiger partial charge on any atom is -0.368 e. The molecule has 0 saturated carbocycles. The molecule has 2 atom stereocenters. The molecule has 1 aromatic carbocycles. The molecule has 2 aromatic rings. The first kappa shape index (κ1) is 13.7. The summed E-state index contributed by atoms with van der Waals surface area (Å²) in [5.74, 6) is 4.09. The van der Waals surface area contributed by atoms with Crippen molar-refractivity contribution in [3.05, 3.63) is 36.2 Å². The molecule has 2 unspecified atom stereocenters. The van der Waals surface area contributed by atoms with Crippen molar-refractivity contribution in [1.82, 2.24) is 15.0 Å². The fourth-order valence-corrected chi connectivity index (χ4v) is 4.86. The number of hydrogen-bond acceptors (Lipinski definition) is 6. The van der Waals surface area contributed by atoms with E-state index in [0.29, 0.717) is 22.3 Å². The van der Waals surface area contributed by atoms with Crippen molar-refractivity contribution in [3.63, 3.8) is 0 Å². The number of anilines is 1. The number of thioether (sulfide) groups is 2. The molecule has 6 heteroatoms. The van der Waals surface area contributed by atoms with Crippen LogP contribution in [0.15, 0.2) is 30.3 Å². The number of aromatic nitrogens is 3. The molecule has 1 aliphatic heterocycles. The predicted molar refractivity (Wildman–Crippen MR) is 86.8 cm³/mol. The molecule has 3 rings (SSSR count). The minimum absolute atomic E-state index is 0.293. The van der Waals surface area contributed by atoms with E-state index in [1.165, 1.54) is 5.75 Å². The Morgan fingerprint density at radius 2 is 1.80 bits per heavy atom. The van der Waals surface area contributed by atoms with E-state index in [4.69, 9.17) is 5.73 Å². The van der Waals surface area contributed by atoms with Gasteiger partial charge in [0.05, 0.1) is 5.25 Å². The Morgan fingerprint density at radius 1 is 1.05 bits per heavy atom. The topological polar surface area (TPSA) is 64.7 Å². The molecule has 4 nitrogen and oxygen atoms in total. The summed E-state index contributed by atoms with van der Waals surface area (Å²) in [6.07, 6.45) is 0. The van der Waals surface area contributed by atoms with Gasteiger partial charge in [-0.05, 0) is 0 Å². The van der Waals surface area contributed by atoms with E-state index in [0.717, 1.165) is 17.1 Å². The Labute approximate surface area is 127 Å². The SMILES string of the molecule is CC1SCCSC1c1nc(N)nc(-c2ccccc2)n1. The second-order valence-electron chi connectivity index (χ2n) is 4.61. The summed E-state index contributed by atoms with van der Waals surface area (Å²) in [5, 5.41) is 0.792. The molecule has 1 aliphatic rings. The lowest BCUT2D eigenvalue weighted by Crippen LogP contribution is -2.19. The van der Waals surface area contributed by atoms with Crippen molar-refractivity contribution >= 4 is 29.5 Å². The van der Waals surface area contributed by atoms with Gasteiger partial charge in [-0.25, -0.2) is 4.98 Å². The van der Waals surface area contributed by atoms with Gasteiger partial charge in [0.2, 0.25) is 5.95 Å². The van der Waals surface area contributed by atoms with Crippen LogP contribution in [-0.4, -0.2) is 31.7 Å². The van der Waals surface area contributed by atoms with Gasteiger partial charge in [0, 0.05) is 22.3 Å². The third-order valence-electron chi connectivity index (χ3n) is 3.14. The van der Waals surface area contributed by atoms with E-state index in [1.807, 2.05) is 53.9 Å². The minimum atomic E-state index is 0.293. The van der Waals surface area contributed by atoms with Crippen LogP contribution in [0.3, 0.4) is 0 Å². The van der Waals surface area contributed by atoms with Crippen molar-refractivity contribution < 1.29 is 0 Å². The molecule has 104 valence electrons. The Balaban J connectivity index is 1.98. The van der Waals surface area contributed by atoms with Gasteiger partial charge in [0.1, 0.15) is 5.82 Å². The molecule has 0 bridgehead atoms. The average Bonchev–Trinajstić information content (AvgIpc) is 2.48. The third kappa shape index (κ3) is 2.91. The summed E-state index contributed by atoms with van der Waals surface area (Å²) in [7, 11) is 0. The van der Waals surface area contributed by atoms with Crippen molar-refractivity contribution in [2.45, 2.75) is 17.4 Å². The fourth-order valence-electron chi connectivity index (χ4n) is 2.17. The number of nitrogen functional groups attached to an aromatic ring is 1. The van der Waals surface area contributed by atoms with Crippen LogP contribution >= 0.6 is 23.5 Å². The molecular formula is C14H16N4S2. The quantitative estimate of drug-likeness (QED) is 0.920. The Kier molecular flexibility index (Phi) is 4.12. The van der Waals surface area contributed by atoms with Gasteiger partial charge in [-0.15, -0.1) is 11.8 Å². The molecule has 0 radical (unpaired) electrons. The van der Waals surface area contributed by atoms with Crippen molar-refractivity contribution in [2.24, 2.45) is 0 Å². The Bertz CT molecular complexity index is 591. The lowest BCUT2D eigenvalue weighted by molar-refractivity contribution is 0.814. The lowest BCUT2D eigenvalue weighted by atomic mass is 10.2. The molecule has 20 heavy (non-hydrogen) atoms. The first-order valence-electron chi connectivity index (χ1n) is 6.54. The number of rotatable bonds is 2. The van der Waals surface area contributed by atoms with E-state index in [-0.39, 0.29) is 0 Å². The van der Waals surface area contributed by atoms with Crippen LogP contribution in [0.4, 0.5) is 5.95 Å². The van der Waals surface area contributed by atoms with Crippen molar-refractivity contribution in [1.29, 1.82) is 0 Å². The van der Waals surface area contributed by atoms with Gasteiger partial charge in [-0.2, -0.15) is 21.7 Å². The highest BCUT2D eigenvalue weighted by molar-refractivity contribution is 8.06. The highest BCUT2D eigenvalue weighted by Crippen LogP contribution is 2.41. The van der Waals surface area contributed by atoms with E-state index in [1.54, 1.807) is 0 Å². The number of hydrogen-bond donors (Lipinski definition) is 1. The molecule has 2 heterocycles. The molecule has 0 spiro atoms. The summed E-state index contributed by atoms with van der Waals surface area (Å²) >= 11 is 3.87. The Hall–Kier alpha value is -1.27. The summed E-state index contributed by atoms with van der Waals surface area (Å²) in [5.41, 5.74) is 6.85. The normalized spacial score (nSPS) is 22.6. The van der Waals surface area contributed by atoms with Gasteiger partial charge in [0.25, 0.3) is 0 Å². The van der Waals surface area contributed by atoms with Crippen LogP contribution in [0.2, 0.25) is 0 Å². The van der Waals surface area contributed by atoms with Crippen LogP contribution in [0.5, 0.6) is 0 Å². The summed E-state index contributed by atoms with van der Waals surface area (Å²) in [6.45, 7) is 2.23. The predicted octanol–water partition coefficient (Wildman–Crippen LogP) is 3.03. The van der Waals surface area contributed by atoms with Crippen molar-refractivity contribution in [3.8, 4) is 11.4 Å². The lowest BCUT2D eigenvalue weighted by Gasteiger charge is -2.26. The standard InChI is InChI=1S/C14H16N4S2/c1-9-11(20-8-7-19-9)13-16-12(17-14(15)18-13)10-5-3-2-4-6-10/h2-6,9,11H,7-8H2,1H3,(H2,15,16,17,18). The molecule has 2 N–H and O–H groups in total. The number of nitrogens with zero attached hydrogens (tertiary/aromatic N) is 3. The van der Waals surface area contributed by atoms with E-state index >= 15 is 0 Å². The average molecular weight is 304 g/mol. The maximum Gasteiger partial charge on any atom is 0.223 e. The van der Waals surface area contributed by atoms with Gasteiger partial charge in [-0.1, -0.05) is 37.3 Å². The van der Waals surface area contributed by atoms with Gasteiger partial charge in [0.15, 0.2) is 5.82 Å². The van der Waals surface area contributed by atoms with Crippen LogP contribution in [0.25, 0.3) is 11.4 Å². The van der Waals surface area contributed by atoms with Crippen LogP contribution in [0.1, 0.15) is 18.0 Å². The summed E-state index contributed by atoms with van der Waals surface area (Å²) in [6, 6.07) is 9.91. The molecule has 1 saturated heterocycles. The summed E-state index contributed by atoms with van der Waals surface area (Å²) in [4.78, 5) is 13.3. The second-order valence-corrected chi connectivity index (χ2v) is 7.34. The van der Waals surface area contributed by atoms with Crippen LogP contribution in [-0.2, 0) is 0 Å².